The monoisotopic (exact) mass is 329 g/mol. The summed E-state index contributed by atoms with van der Waals surface area (Å²) in [7, 11) is 0. The van der Waals surface area contributed by atoms with Gasteiger partial charge in [-0.05, 0) is 44.9 Å². The molecule has 0 radical (unpaired) electrons. The van der Waals surface area contributed by atoms with E-state index in [1.54, 1.807) is 6.92 Å². The smallest absolute Gasteiger partial charge is 0.256 e. The van der Waals surface area contributed by atoms with E-state index in [1.807, 2.05) is 31.2 Å². The van der Waals surface area contributed by atoms with E-state index in [0.29, 0.717) is 17.9 Å². The fraction of sp³-hybridized carbons (Fsp3) is 0.444. The first-order valence-electron chi connectivity index (χ1n) is 8.38. The highest BCUT2D eigenvalue weighted by molar-refractivity contribution is 6.02. The largest absolute Gasteiger partial charge is 0.369 e. The zero-order valence-electron chi connectivity index (χ0n) is 14.6. The van der Waals surface area contributed by atoms with Crippen LogP contribution in [0.25, 0.3) is 10.9 Å². The number of aromatic nitrogens is 1. The van der Waals surface area contributed by atoms with Crippen molar-refractivity contribution < 1.29 is 4.79 Å². The lowest BCUT2D eigenvalue weighted by atomic mass is 10.1. The van der Waals surface area contributed by atoms with Gasteiger partial charge in [0.15, 0.2) is 0 Å². The SMILES string of the molecule is CCC(N)CCNc1nc2ccc(C)cc2cc1C(=O)NC(C)N. The van der Waals surface area contributed by atoms with Gasteiger partial charge in [0.2, 0.25) is 0 Å². The number of anilines is 1. The van der Waals surface area contributed by atoms with E-state index in [1.165, 1.54) is 0 Å². The average molecular weight is 329 g/mol. The molecule has 1 aromatic carbocycles. The number of pyridine rings is 1. The maximum absolute atomic E-state index is 12.5. The lowest BCUT2D eigenvalue weighted by Gasteiger charge is -2.15. The van der Waals surface area contributed by atoms with Crippen molar-refractivity contribution in [2.45, 2.75) is 45.8 Å². The second kappa shape index (κ2) is 8.08. The van der Waals surface area contributed by atoms with Crippen LogP contribution in [-0.4, -0.2) is 29.6 Å². The maximum Gasteiger partial charge on any atom is 0.256 e. The summed E-state index contributed by atoms with van der Waals surface area (Å²) in [6, 6.07) is 7.98. The Balaban J connectivity index is 2.34. The Morgan fingerprint density at radius 3 is 2.71 bits per heavy atom. The van der Waals surface area contributed by atoms with E-state index >= 15 is 0 Å². The molecule has 0 aliphatic carbocycles. The summed E-state index contributed by atoms with van der Waals surface area (Å²) in [5, 5.41) is 6.90. The third kappa shape index (κ3) is 4.66. The Kier molecular flexibility index (Phi) is 6.11. The van der Waals surface area contributed by atoms with Gasteiger partial charge in [-0.1, -0.05) is 18.6 Å². The molecule has 24 heavy (non-hydrogen) atoms. The molecule has 0 aliphatic heterocycles. The molecule has 2 rings (SSSR count). The van der Waals surface area contributed by atoms with Gasteiger partial charge in [0.1, 0.15) is 5.82 Å². The average Bonchev–Trinajstić information content (AvgIpc) is 2.53. The second-order valence-electron chi connectivity index (χ2n) is 6.23. The molecule has 0 fully saturated rings. The normalized spacial score (nSPS) is 13.5. The highest BCUT2D eigenvalue weighted by Gasteiger charge is 2.15. The van der Waals surface area contributed by atoms with E-state index in [2.05, 4.69) is 22.5 Å². The van der Waals surface area contributed by atoms with Crippen LogP contribution in [-0.2, 0) is 0 Å². The standard InChI is InChI=1S/C18H27N5O/c1-4-14(20)7-8-21-17-15(18(24)22-12(3)19)10-13-9-11(2)5-6-16(13)23-17/h5-6,9-10,12,14H,4,7-8,19-20H2,1-3H3,(H,21,23)(H,22,24). The van der Waals surface area contributed by atoms with Crippen LogP contribution >= 0.6 is 0 Å². The van der Waals surface area contributed by atoms with Gasteiger partial charge in [0, 0.05) is 18.0 Å². The predicted molar refractivity (Wildman–Crippen MR) is 99.0 cm³/mol. The lowest BCUT2D eigenvalue weighted by molar-refractivity contribution is 0.0942. The molecular weight excluding hydrogens is 302 g/mol. The summed E-state index contributed by atoms with van der Waals surface area (Å²) < 4.78 is 0. The van der Waals surface area contributed by atoms with Crippen molar-refractivity contribution in [3.8, 4) is 0 Å². The highest BCUT2D eigenvalue weighted by Crippen LogP contribution is 2.22. The molecule has 0 aliphatic rings. The van der Waals surface area contributed by atoms with Crippen LogP contribution in [0.3, 0.4) is 0 Å². The van der Waals surface area contributed by atoms with Crippen LogP contribution in [0.15, 0.2) is 24.3 Å². The maximum atomic E-state index is 12.5. The number of hydrogen-bond donors (Lipinski definition) is 4. The third-order valence-electron chi connectivity index (χ3n) is 3.91. The van der Waals surface area contributed by atoms with Crippen LogP contribution < -0.4 is 22.1 Å². The van der Waals surface area contributed by atoms with Crippen LogP contribution in [0.5, 0.6) is 0 Å². The third-order valence-corrected chi connectivity index (χ3v) is 3.91. The minimum absolute atomic E-state index is 0.141. The lowest BCUT2D eigenvalue weighted by Crippen LogP contribution is -2.39. The van der Waals surface area contributed by atoms with Crippen molar-refractivity contribution in [2.75, 3.05) is 11.9 Å². The van der Waals surface area contributed by atoms with E-state index in [4.69, 9.17) is 11.5 Å². The van der Waals surface area contributed by atoms with Crippen molar-refractivity contribution in [3.63, 3.8) is 0 Å². The fourth-order valence-electron chi connectivity index (χ4n) is 2.47. The van der Waals surface area contributed by atoms with Gasteiger partial charge >= 0.3 is 0 Å². The summed E-state index contributed by atoms with van der Waals surface area (Å²) in [6.07, 6.45) is 1.31. The zero-order chi connectivity index (χ0) is 17.7. The predicted octanol–water partition coefficient (Wildman–Crippen LogP) is 2.12. The molecule has 130 valence electrons. The molecule has 0 saturated carbocycles. The molecule has 0 spiro atoms. The summed E-state index contributed by atoms with van der Waals surface area (Å²) in [5.74, 6) is 0.330. The summed E-state index contributed by atoms with van der Waals surface area (Å²) in [4.78, 5) is 17.1. The first-order chi connectivity index (χ1) is 11.4. The molecule has 0 bridgehead atoms. The Labute approximate surface area is 143 Å². The second-order valence-corrected chi connectivity index (χ2v) is 6.23. The molecule has 2 unspecified atom stereocenters. The number of nitrogens with zero attached hydrogens (tertiary/aromatic N) is 1. The van der Waals surface area contributed by atoms with Gasteiger partial charge in [-0.25, -0.2) is 4.98 Å². The van der Waals surface area contributed by atoms with Crippen molar-refractivity contribution in [1.29, 1.82) is 0 Å². The Hall–Kier alpha value is -2.18. The molecule has 2 atom stereocenters. The summed E-state index contributed by atoms with van der Waals surface area (Å²) in [5.41, 5.74) is 14.1. The van der Waals surface area contributed by atoms with Crippen molar-refractivity contribution in [2.24, 2.45) is 11.5 Å². The number of nitrogens with one attached hydrogen (secondary N) is 2. The highest BCUT2D eigenvalue weighted by atomic mass is 16.1. The Morgan fingerprint density at radius 1 is 1.29 bits per heavy atom. The van der Waals surface area contributed by atoms with Crippen molar-refractivity contribution in [1.82, 2.24) is 10.3 Å². The summed E-state index contributed by atoms with van der Waals surface area (Å²) in [6.45, 7) is 6.46. The molecule has 6 heteroatoms. The van der Waals surface area contributed by atoms with Crippen LogP contribution in [0.1, 0.15) is 42.6 Å². The number of hydrogen-bond acceptors (Lipinski definition) is 5. The number of nitrogens with two attached hydrogens (primary N) is 2. The van der Waals surface area contributed by atoms with E-state index < -0.39 is 6.17 Å². The molecule has 1 heterocycles. The van der Waals surface area contributed by atoms with Gasteiger partial charge in [0.25, 0.3) is 5.91 Å². The molecule has 1 amide bonds. The molecular formula is C18H27N5O. The first kappa shape index (κ1) is 18.2. The van der Waals surface area contributed by atoms with E-state index in [0.717, 1.165) is 29.3 Å². The zero-order valence-corrected chi connectivity index (χ0v) is 14.6. The minimum Gasteiger partial charge on any atom is -0.369 e. The van der Waals surface area contributed by atoms with Crippen LogP contribution in [0.4, 0.5) is 5.82 Å². The number of carbonyl (C=O) groups excluding carboxylic acids is 1. The minimum atomic E-state index is -0.424. The van der Waals surface area contributed by atoms with E-state index in [-0.39, 0.29) is 11.9 Å². The number of carbonyl (C=O) groups is 1. The summed E-state index contributed by atoms with van der Waals surface area (Å²) >= 11 is 0. The van der Waals surface area contributed by atoms with Gasteiger partial charge in [-0.15, -0.1) is 0 Å². The first-order valence-corrected chi connectivity index (χ1v) is 8.38. The molecule has 6 nitrogen and oxygen atoms in total. The number of benzene rings is 1. The number of aryl methyl sites for hydroxylation is 1. The fourth-order valence-corrected chi connectivity index (χ4v) is 2.47. The topological polar surface area (TPSA) is 106 Å². The number of rotatable bonds is 7. The van der Waals surface area contributed by atoms with Crippen LogP contribution in [0.2, 0.25) is 0 Å². The van der Waals surface area contributed by atoms with E-state index in [9.17, 15) is 4.79 Å². The van der Waals surface area contributed by atoms with Crippen molar-refractivity contribution >= 4 is 22.6 Å². The van der Waals surface area contributed by atoms with Gasteiger partial charge in [0.05, 0.1) is 17.2 Å². The number of amides is 1. The molecule has 0 saturated heterocycles. The molecule has 2 aromatic rings. The van der Waals surface area contributed by atoms with Gasteiger partial charge in [-0.3, -0.25) is 4.79 Å². The Bertz CT molecular complexity index is 714. The van der Waals surface area contributed by atoms with Crippen molar-refractivity contribution in [3.05, 3.63) is 35.4 Å². The van der Waals surface area contributed by atoms with Gasteiger partial charge < -0.3 is 22.1 Å². The molecule has 1 aromatic heterocycles. The van der Waals surface area contributed by atoms with Gasteiger partial charge in [-0.2, -0.15) is 0 Å². The number of fused-ring (bicyclic) bond motifs is 1. The Morgan fingerprint density at radius 2 is 2.04 bits per heavy atom. The quantitative estimate of drug-likeness (QED) is 0.582. The molecule has 6 N–H and O–H groups in total. The van der Waals surface area contributed by atoms with Crippen LogP contribution in [0, 0.1) is 6.92 Å².